The molecule has 0 radical (unpaired) electrons. The number of hydrogen-bond acceptors (Lipinski definition) is 0. The van der Waals surface area contributed by atoms with Crippen molar-refractivity contribution >= 4 is 47.2 Å². The van der Waals surface area contributed by atoms with Crippen molar-refractivity contribution in [1.82, 2.24) is 0 Å². The molecule has 5 heteroatoms. The fourth-order valence-corrected chi connectivity index (χ4v) is 22.4. The fourth-order valence-electron chi connectivity index (χ4n) is 5.53. The molecule has 2 bridgehead atoms. The number of allylic oxidation sites excluding steroid dienone is 1. The first-order chi connectivity index (χ1) is 9.31. The van der Waals surface area contributed by atoms with Crippen LogP contribution in [0.3, 0.4) is 0 Å². The Hall–Kier alpha value is 1.01. The van der Waals surface area contributed by atoms with E-state index in [-0.39, 0.29) is 0 Å². The minimum Gasteiger partial charge on any atom is -0.162 e. The van der Waals surface area contributed by atoms with E-state index in [1.165, 1.54) is 51.0 Å². The first-order valence-electron chi connectivity index (χ1n) is 8.42. The smallest absolute Gasteiger partial charge is 0.162 e. The van der Waals surface area contributed by atoms with Crippen LogP contribution in [0, 0.1) is 0 Å². The summed E-state index contributed by atoms with van der Waals surface area (Å²) < 4.78 is 0. The Balaban J connectivity index is 2.02. The second-order valence-electron chi connectivity index (χ2n) is 7.98. The molecule has 0 aromatic rings. The summed E-state index contributed by atoms with van der Waals surface area (Å²) >= 11 is 11.2. The second kappa shape index (κ2) is 5.58. The third-order valence-corrected chi connectivity index (χ3v) is 17.5. The number of fused-ring (bicyclic) bond motifs is 2. The van der Waals surface area contributed by atoms with Crippen molar-refractivity contribution < 1.29 is 0 Å². The normalized spacial score (nSPS) is 38.5. The van der Waals surface area contributed by atoms with E-state index in [0.717, 1.165) is 18.3 Å². The highest BCUT2D eigenvalue weighted by molar-refractivity contribution is 9.26. The number of rotatable bonds is 2. The zero-order valence-electron chi connectivity index (χ0n) is 13.1. The van der Waals surface area contributed by atoms with Crippen LogP contribution >= 0.6 is 26.4 Å². The zero-order chi connectivity index (χ0) is 14.5. The summed E-state index contributed by atoms with van der Waals surface area (Å²) in [7, 11) is -1.63. The average molecular weight is 390 g/mol. The lowest BCUT2D eigenvalue weighted by Crippen LogP contribution is -2.41. The van der Waals surface area contributed by atoms with Crippen LogP contribution in [-0.2, 0) is 0 Å². The second-order valence-corrected chi connectivity index (χ2v) is 23.8. The molecule has 3 heterocycles. The van der Waals surface area contributed by atoms with E-state index in [1.54, 1.807) is 4.82 Å². The standard InChI is InChI=1S/C15H27BBrClSi2/c1-19(2,17)15-14(10-11-20(15,3)18)16-12-6-4-7-13(16)9-5-8-12/h12-13H,4-11H2,1-3H3. The molecular weight excluding hydrogens is 363 g/mol. The third kappa shape index (κ3) is 2.79. The van der Waals surface area contributed by atoms with E-state index in [1.807, 2.05) is 5.47 Å². The van der Waals surface area contributed by atoms with Gasteiger partial charge in [0.25, 0.3) is 0 Å². The lowest BCUT2D eigenvalue weighted by molar-refractivity contribution is 0.445. The summed E-state index contributed by atoms with van der Waals surface area (Å²) in [6.07, 6.45) is 10.3. The lowest BCUT2D eigenvalue weighted by Gasteiger charge is -2.42. The molecule has 0 aromatic heterocycles. The van der Waals surface area contributed by atoms with Gasteiger partial charge in [0.15, 0.2) is 14.1 Å². The van der Waals surface area contributed by atoms with Gasteiger partial charge in [-0.25, -0.2) is 0 Å². The highest BCUT2D eigenvalue weighted by Crippen LogP contribution is 2.54. The lowest BCUT2D eigenvalue weighted by atomic mass is 9.24. The van der Waals surface area contributed by atoms with Crippen LogP contribution < -0.4 is 0 Å². The average Bonchev–Trinajstić information content (AvgIpc) is 2.63. The van der Waals surface area contributed by atoms with Gasteiger partial charge in [-0.1, -0.05) is 74.6 Å². The number of hydrogen-bond donors (Lipinski definition) is 0. The molecule has 1 unspecified atom stereocenters. The molecule has 20 heavy (non-hydrogen) atoms. The SMILES string of the molecule is C[Si](C)(Br)C1=C(B2C3CCCC2CCC3)CC[Si]1(C)Cl. The summed E-state index contributed by atoms with van der Waals surface area (Å²) in [6, 6.07) is 1.30. The number of halogens is 2. The molecule has 112 valence electrons. The topological polar surface area (TPSA) is 0 Å². The molecule has 0 saturated carbocycles. The molecule has 3 aliphatic rings. The van der Waals surface area contributed by atoms with Crippen molar-refractivity contribution in [3.05, 3.63) is 10.3 Å². The Bertz CT molecular complexity index is 408. The monoisotopic (exact) mass is 388 g/mol. The van der Waals surface area contributed by atoms with Gasteiger partial charge < -0.3 is 0 Å². The predicted molar refractivity (Wildman–Crippen MR) is 101 cm³/mol. The Morgan fingerprint density at radius 2 is 1.65 bits per heavy atom. The summed E-state index contributed by atoms with van der Waals surface area (Å²) in [5, 5.41) is 0. The largest absolute Gasteiger partial charge is 0.176 e. The van der Waals surface area contributed by atoms with Crippen molar-refractivity contribution in [2.24, 2.45) is 0 Å². The molecule has 2 saturated heterocycles. The Labute approximate surface area is 139 Å². The Morgan fingerprint density at radius 1 is 1.15 bits per heavy atom. The maximum atomic E-state index is 7.07. The van der Waals surface area contributed by atoms with E-state index < -0.39 is 14.1 Å². The Morgan fingerprint density at radius 3 is 2.10 bits per heavy atom. The highest BCUT2D eigenvalue weighted by Gasteiger charge is 2.50. The molecule has 0 aromatic carbocycles. The summed E-state index contributed by atoms with van der Waals surface area (Å²) in [5.41, 5.74) is 1.87. The molecule has 0 aliphatic carbocycles. The van der Waals surface area contributed by atoms with Gasteiger partial charge >= 0.3 is 0 Å². The van der Waals surface area contributed by atoms with Gasteiger partial charge in [-0.2, -0.15) is 11.1 Å². The van der Waals surface area contributed by atoms with E-state index in [2.05, 4.69) is 34.9 Å². The van der Waals surface area contributed by atoms with Crippen molar-refractivity contribution in [3.63, 3.8) is 0 Å². The maximum absolute atomic E-state index is 7.07. The van der Waals surface area contributed by atoms with E-state index in [9.17, 15) is 0 Å². The van der Waals surface area contributed by atoms with Crippen molar-refractivity contribution in [2.45, 2.75) is 82.3 Å². The van der Waals surface area contributed by atoms with Gasteiger partial charge in [0.1, 0.15) is 6.69 Å². The summed E-state index contributed by atoms with van der Waals surface area (Å²) in [6.45, 7) is 6.81. The molecular formula is C15H27BBrClSi2. The zero-order valence-corrected chi connectivity index (χ0v) is 17.5. The molecule has 3 rings (SSSR count). The molecule has 0 spiro atoms. The van der Waals surface area contributed by atoms with Gasteiger partial charge in [-0.3, -0.25) is 0 Å². The van der Waals surface area contributed by atoms with Gasteiger partial charge in [0, 0.05) is 0 Å². The summed E-state index contributed by atoms with van der Waals surface area (Å²) in [5.74, 6) is 1.99. The van der Waals surface area contributed by atoms with Gasteiger partial charge in [-0.15, -0.1) is 20.8 Å². The molecule has 0 N–H and O–H groups in total. The van der Waals surface area contributed by atoms with Crippen molar-refractivity contribution in [1.29, 1.82) is 0 Å². The van der Waals surface area contributed by atoms with E-state index in [0.29, 0.717) is 0 Å². The fraction of sp³-hybridized carbons (Fsp3) is 0.867. The van der Waals surface area contributed by atoms with Crippen LogP contribution in [0.25, 0.3) is 0 Å². The maximum Gasteiger partial charge on any atom is 0.176 e. The minimum absolute atomic E-state index is 0.921. The van der Waals surface area contributed by atoms with Crippen LogP contribution in [0.4, 0.5) is 0 Å². The predicted octanol–water partition coefficient (Wildman–Crippen LogP) is 6.32. The van der Waals surface area contributed by atoms with Crippen molar-refractivity contribution in [2.75, 3.05) is 0 Å². The van der Waals surface area contributed by atoms with Crippen LogP contribution in [0.2, 0.25) is 37.3 Å². The van der Waals surface area contributed by atoms with Crippen LogP contribution in [-0.4, -0.2) is 20.8 Å². The van der Waals surface area contributed by atoms with Gasteiger partial charge in [0.05, 0.1) is 0 Å². The van der Waals surface area contributed by atoms with Gasteiger partial charge in [-0.05, 0) is 12.5 Å². The molecule has 0 nitrogen and oxygen atoms in total. The minimum atomic E-state index is -1.63. The molecule has 0 amide bonds. The van der Waals surface area contributed by atoms with Gasteiger partial charge in [0.2, 0.25) is 0 Å². The molecule has 2 fully saturated rings. The quantitative estimate of drug-likeness (QED) is 0.383. The van der Waals surface area contributed by atoms with Crippen LogP contribution in [0.15, 0.2) is 10.3 Å². The van der Waals surface area contributed by atoms with Crippen LogP contribution in [0.1, 0.15) is 44.9 Å². The Kier molecular flexibility index (Phi) is 4.43. The van der Waals surface area contributed by atoms with E-state index >= 15 is 0 Å². The molecule has 3 aliphatic heterocycles. The van der Waals surface area contributed by atoms with Crippen LogP contribution in [0.5, 0.6) is 0 Å². The summed E-state index contributed by atoms with van der Waals surface area (Å²) in [4.78, 5) is 1.80. The first-order valence-corrected chi connectivity index (χ1v) is 17.4. The highest BCUT2D eigenvalue weighted by atomic mass is 79.9. The van der Waals surface area contributed by atoms with Crippen molar-refractivity contribution in [3.8, 4) is 0 Å². The van der Waals surface area contributed by atoms with E-state index in [4.69, 9.17) is 11.1 Å². The third-order valence-electron chi connectivity index (χ3n) is 6.02. The first kappa shape index (κ1) is 15.9. The molecule has 1 atom stereocenters.